The van der Waals surface area contributed by atoms with E-state index in [1.807, 2.05) is 0 Å². The molecule has 8 nitrogen and oxygen atoms in total. The Hall–Kier alpha value is -3.48. The zero-order chi connectivity index (χ0) is 22.8. The number of methoxy groups -OCH3 is 1. The van der Waals surface area contributed by atoms with Crippen molar-refractivity contribution in [3.63, 3.8) is 0 Å². The van der Waals surface area contributed by atoms with Gasteiger partial charge >= 0.3 is 6.09 Å². The molecule has 1 aliphatic carbocycles. The number of hydrogen-bond acceptors (Lipinski definition) is 7. The quantitative estimate of drug-likeness (QED) is 0.698. The second kappa shape index (κ2) is 8.71. The third kappa shape index (κ3) is 3.50. The van der Waals surface area contributed by atoms with E-state index < -0.39 is 23.3 Å². The van der Waals surface area contributed by atoms with E-state index in [-0.39, 0.29) is 31.0 Å². The predicted molar refractivity (Wildman–Crippen MR) is 114 cm³/mol. The summed E-state index contributed by atoms with van der Waals surface area (Å²) in [5.41, 5.74) is 5.72. The van der Waals surface area contributed by atoms with Crippen molar-refractivity contribution < 1.29 is 14.3 Å². The van der Waals surface area contributed by atoms with Crippen LogP contribution in [0.3, 0.4) is 0 Å². The van der Waals surface area contributed by atoms with Gasteiger partial charge in [-0.3, -0.25) is 0 Å². The molecule has 2 aliphatic rings. The number of nitrogens with two attached hydrogens (primary N) is 1. The Labute approximate surface area is 188 Å². The molecule has 0 unspecified atom stereocenters. The molecule has 3 rings (SSSR count). The molecule has 0 saturated heterocycles. The number of ether oxygens (including phenoxy) is 2. The normalized spacial score (nSPS) is 21.7. The number of nitrogens with zero attached hydrogens (tertiary/aromatic N) is 4. The molecule has 2 N–H and O–H groups in total. The van der Waals surface area contributed by atoms with Crippen molar-refractivity contribution in [2.45, 2.75) is 12.8 Å². The number of benzene rings is 1. The summed E-state index contributed by atoms with van der Waals surface area (Å²) < 4.78 is 11.4. The summed E-state index contributed by atoms with van der Waals surface area (Å²) in [6.07, 6.45) is 1.24. The Kier molecular flexibility index (Phi) is 6.24. The van der Waals surface area contributed by atoms with Gasteiger partial charge in [-0.2, -0.15) is 15.8 Å². The number of hydrogen-bond donors (Lipinski definition) is 1. The van der Waals surface area contributed by atoms with Gasteiger partial charge in [0.15, 0.2) is 5.41 Å². The van der Waals surface area contributed by atoms with Crippen LogP contribution in [0.15, 0.2) is 45.6 Å². The van der Waals surface area contributed by atoms with Crippen LogP contribution in [-0.2, 0) is 4.74 Å². The molecule has 0 fully saturated rings. The Bertz CT molecular complexity index is 1090. The van der Waals surface area contributed by atoms with Crippen LogP contribution in [0.5, 0.6) is 5.75 Å². The van der Waals surface area contributed by atoms with E-state index in [0.717, 1.165) is 4.47 Å². The fourth-order valence-electron chi connectivity index (χ4n) is 4.34. The summed E-state index contributed by atoms with van der Waals surface area (Å²) in [6.45, 7) is 2.33. The molecule has 1 amide bonds. The molecule has 31 heavy (non-hydrogen) atoms. The van der Waals surface area contributed by atoms with Gasteiger partial charge in [0.1, 0.15) is 11.8 Å². The summed E-state index contributed by atoms with van der Waals surface area (Å²) in [7, 11) is 1.50. The van der Waals surface area contributed by atoms with Gasteiger partial charge in [0.2, 0.25) is 0 Å². The van der Waals surface area contributed by atoms with Crippen LogP contribution < -0.4 is 10.5 Å². The molecule has 0 saturated carbocycles. The molecule has 1 heterocycles. The molecule has 0 aromatic heterocycles. The van der Waals surface area contributed by atoms with Gasteiger partial charge in [-0.25, -0.2) is 4.79 Å². The summed E-state index contributed by atoms with van der Waals surface area (Å²) in [5.74, 6) is -0.845. The highest BCUT2D eigenvalue weighted by molar-refractivity contribution is 9.10. The molecule has 2 atom stereocenters. The first-order valence-corrected chi connectivity index (χ1v) is 10.4. The zero-order valence-electron chi connectivity index (χ0n) is 17.1. The monoisotopic (exact) mass is 481 g/mol. The molecule has 0 bridgehead atoms. The van der Waals surface area contributed by atoms with E-state index >= 15 is 0 Å². The minimum absolute atomic E-state index is 0.0842. The maximum atomic E-state index is 12.4. The van der Waals surface area contributed by atoms with Crippen molar-refractivity contribution in [2.24, 2.45) is 17.1 Å². The van der Waals surface area contributed by atoms with Crippen molar-refractivity contribution in [3.05, 3.63) is 51.2 Å². The van der Waals surface area contributed by atoms with Crippen LogP contribution >= 0.6 is 15.9 Å². The number of carbonyl (C=O) groups is 1. The molecular weight excluding hydrogens is 462 g/mol. The minimum atomic E-state index is -1.82. The first-order valence-electron chi connectivity index (χ1n) is 9.56. The van der Waals surface area contributed by atoms with Crippen LogP contribution in [0.1, 0.15) is 18.4 Å². The summed E-state index contributed by atoms with van der Waals surface area (Å²) in [6, 6.07) is 11.5. The SMILES string of the molecule is CCOC(=O)N1CC=C2C(C#N)=C(N)C(C#N)(C#N)[C@H](c3cc(Br)ccc3OC)[C@@H]2C1. The van der Waals surface area contributed by atoms with E-state index in [4.69, 9.17) is 15.2 Å². The number of allylic oxidation sites excluding steroid dienone is 2. The van der Waals surface area contributed by atoms with Crippen molar-refractivity contribution in [2.75, 3.05) is 26.8 Å². The van der Waals surface area contributed by atoms with Crippen LogP contribution in [0.2, 0.25) is 0 Å². The molecule has 158 valence electrons. The van der Waals surface area contributed by atoms with E-state index in [9.17, 15) is 20.6 Å². The van der Waals surface area contributed by atoms with Crippen LogP contribution in [0.25, 0.3) is 0 Å². The highest BCUT2D eigenvalue weighted by Crippen LogP contribution is 2.56. The summed E-state index contributed by atoms with van der Waals surface area (Å²) in [5, 5.41) is 30.1. The Morgan fingerprint density at radius 1 is 1.35 bits per heavy atom. The minimum Gasteiger partial charge on any atom is -0.496 e. The van der Waals surface area contributed by atoms with Gasteiger partial charge in [-0.15, -0.1) is 0 Å². The van der Waals surface area contributed by atoms with E-state index in [1.165, 1.54) is 12.0 Å². The molecule has 1 aliphatic heterocycles. The van der Waals surface area contributed by atoms with Gasteiger partial charge in [0.25, 0.3) is 0 Å². The smallest absolute Gasteiger partial charge is 0.410 e. The van der Waals surface area contributed by atoms with Gasteiger partial charge in [0, 0.05) is 35.0 Å². The lowest BCUT2D eigenvalue weighted by Gasteiger charge is -2.45. The van der Waals surface area contributed by atoms with E-state index in [2.05, 4.69) is 34.1 Å². The molecule has 1 aromatic rings. The fraction of sp³-hybridized carbons (Fsp3) is 0.364. The van der Waals surface area contributed by atoms with Gasteiger partial charge in [-0.1, -0.05) is 22.0 Å². The van der Waals surface area contributed by atoms with Crippen LogP contribution in [0.4, 0.5) is 4.79 Å². The molecule has 9 heteroatoms. The molecule has 1 aromatic carbocycles. The maximum Gasteiger partial charge on any atom is 0.410 e. The molecular formula is C22H20BrN5O3. The van der Waals surface area contributed by atoms with Crippen molar-refractivity contribution in [1.82, 2.24) is 4.90 Å². The van der Waals surface area contributed by atoms with Gasteiger partial charge in [0.05, 0.1) is 37.1 Å². The van der Waals surface area contributed by atoms with Crippen LogP contribution in [-0.4, -0.2) is 37.8 Å². The third-order valence-electron chi connectivity index (χ3n) is 5.72. The third-order valence-corrected chi connectivity index (χ3v) is 6.21. The zero-order valence-corrected chi connectivity index (χ0v) is 18.6. The highest BCUT2D eigenvalue weighted by Gasteiger charge is 2.55. The van der Waals surface area contributed by atoms with Crippen molar-refractivity contribution in [3.8, 4) is 24.0 Å². The number of fused-ring (bicyclic) bond motifs is 1. The predicted octanol–water partition coefficient (Wildman–Crippen LogP) is 3.34. The number of carbonyl (C=O) groups excluding carboxylic acids is 1. The summed E-state index contributed by atoms with van der Waals surface area (Å²) in [4.78, 5) is 13.9. The van der Waals surface area contributed by atoms with E-state index in [0.29, 0.717) is 16.9 Å². The second-order valence-electron chi connectivity index (χ2n) is 7.17. The standard InChI is InChI=1S/C22H20BrN5O3/c1-3-31-21(29)28-7-6-14-16(9-24)20(27)22(11-25,12-26)19(17(14)10-28)15-8-13(23)4-5-18(15)30-2/h4-6,8,17,19H,3,7,10,27H2,1-2H3/t17-,19-/m1/s1. The van der Waals surface area contributed by atoms with Crippen molar-refractivity contribution >= 4 is 22.0 Å². The lowest BCUT2D eigenvalue weighted by molar-refractivity contribution is 0.0998. The highest BCUT2D eigenvalue weighted by atomic mass is 79.9. The van der Waals surface area contributed by atoms with Crippen LogP contribution in [0, 0.1) is 45.3 Å². The summed E-state index contributed by atoms with van der Waals surface area (Å²) >= 11 is 3.44. The number of rotatable bonds is 3. The van der Waals surface area contributed by atoms with Gasteiger partial charge in [-0.05, 0) is 30.7 Å². The number of amides is 1. The first-order chi connectivity index (χ1) is 14.9. The topological polar surface area (TPSA) is 136 Å². The largest absolute Gasteiger partial charge is 0.496 e. The Morgan fingerprint density at radius 2 is 2.06 bits per heavy atom. The van der Waals surface area contributed by atoms with Gasteiger partial charge < -0.3 is 20.1 Å². The lowest BCUT2D eigenvalue weighted by Crippen LogP contribution is -2.49. The average Bonchev–Trinajstić information content (AvgIpc) is 2.78. The van der Waals surface area contributed by atoms with Crippen molar-refractivity contribution in [1.29, 1.82) is 15.8 Å². The fourth-order valence-corrected chi connectivity index (χ4v) is 4.71. The Morgan fingerprint density at radius 3 is 2.65 bits per heavy atom. The maximum absolute atomic E-state index is 12.4. The van der Waals surface area contributed by atoms with E-state index in [1.54, 1.807) is 31.2 Å². The Balaban J connectivity index is 2.31. The number of nitriles is 3. The lowest BCUT2D eigenvalue weighted by atomic mass is 9.58. The number of halogens is 1. The second-order valence-corrected chi connectivity index (χ2v) is 8.08. The molecule has 0 radical (unpaired) electrons. The average molecular weight is 482 g/mol. The first kappa shape index (κ1) is 22.2. The molecule has 0 spiro atoms.